The number of aromatic nitrogens is 2. The molecule has 1 aliphatic rings. The van der Waals surface area contributed by atoms with Crippen molar-refractivity contribution in [3.63, 3.8) is 0 Å². The highest BCUT2D eigenvalue weighted by Gasteiger charge is 2.26. The van der Waals surface area contributed by atoms with Gasteiger partial charge in [-0.05, 0) is 26.8 Å². The van der Waals surface area contributed by atoms with Gasteiger partial charge in [-0.25, -0.2) is 4.79 Å². The summed E-state index contributed by atoms with van der Waals surface area (Å²) in [5, 5.41) is 13.3. The first-order chi connectivity index (χ1) is 8.39. The van der Waals surface area contributed by atoms with Crippen molar-refractivity contribution in [1.29, 1.82) is 0 Å². The summed E-state index contributed by atoms with van der Waals surface area (Å²) in [5.74, 6) is 0. The van der Waals surface area contributed by atoms with E-state index >= 15 is 0 Å². The van der Waals surface area contributed by atoms with E-state index < -0.39 is 5.60 Å². The molecule has 0 spiro atoms. The SMILES string of the molecule is CC(C)(C)OC(=O)N1CCn2nc(CO)cc2C1. The van der Waals surface area contributed by atoms with Crippen LogP contribution in [0.1, 0.15) is 32.2 Å². The van der Waals surface area contributed by atoms with Crippen molar-refractivity contribution >= 4 is 6.09 Å². The second kappa shape index (κ2) is 4.61. The first-order valence-corrected chi connectivity index (χ1v) is 6.03. The number of carbonyl (C=O) groups is 1. The van der Waals surface area contributed by atoms with E-state index in [9.17, 15) is 4.79 Å². The van der Waals surface area contributed by atoms with Crippen LogP contribution in [0, 0.1) is 0 Å². The number of aliphatic hydroxyl groups excluding tert-OH is 1. The third kappa shape index (κ3) is 2.81. The molecular weight excluding hydrogens is 234 g/mol. The molecule has 18 heavy (non-hydrogen) atoms. The highest BCUT2D eigenvalue weighted by molar-refractivity contribution is 5.68. The Morgan fingerprint density at radius 2 is 2.22 bits per heavy atom. The van der Waals surface area contributed by atoms with Crippen LogP contribution in [-0.4, -0.2) is 38.0 Å². The fourth-order valence-electron chi connectivity index (χ4n) is 1.89. The van der Waals surface area contributed by atoms with Crippen LogP contribution in [0.5, 0.6) is 0 Å². The molecule has 1 amide bonds. The van der Waals surface area contributed by atoms with E-state index in [1.807, 2.05) is 31.5 Å². The van der Waals surface area contributed by atoms with E-state index in [1.165, 1.54) is 0 Å². The Bertz CT molecular complexity index is 448. The van der Waals surface area contributed by atoms with Crippen molar-refractivity contribution in [2.45, 2.75) is 46.1 Å². The first kappa shape index (κ1) is 12.9. The lowest BCUT2D eigenvalue weighted by molar-refractivity contribution is 0.0194. The molecule has 1 aliphatic heterocycles. The van der Waals surface area contributed by atoms with Crippen LogP contribution < -0.4 is 0 Å². The number of ether oxygens (including phenoxy) is 1. The fourth-order valence-corrected chi connectivity index (χ4v) is 1.89. The van der Waals surface area contributed by atoms with Gasteiger partial charge in [0.1, 0.15) is 5.60 Å². The number of aliphatic hydroxyl groups is 1. The maximum atomic E-state index is 11.9. The second-order valence-electron chi connectivity index (χ2n) is 5.41. The predicted molar refractivity (Wildman–Crippen MR) is 64.8 cm³/mol. The van der Waals surface area contributed by atoms with Crippen LogP contribution >= 0.6 is 0 Å². The van der Waals surface area contributed by atoms with Crippen LogP contribution in [0.25, 0.3) is 0 Å². The zero-order valence-corrected chi connectivity index (χ0v) is 11.0. The Hall–Kier alpha value is -1.56. The van der Waals surface area contributed by atoms with Gasteiger partial charge in [0.05, 0.1) is 31.1 Å². The lowest BCUT2D eigenvalue weighted by Crippen LogP contribution is -2.41. The zero-order chi connectivity index (χ0) is 13.3. The molecule has 0 bridgehead atoms. The van der Waals surface area contributed by atoms with Crippen LogP contribution in [-0.2, 0) is 24.4 Å². The van der Waals surface area contributed by atoms with E-state index in [1.54, 1.807) is 4.90 Å². The highest BCUT2D eigenvalue weighted by Crippen LogP contribution is 2.17. The summed E-state index contributed by atoms with van der Waals surface area (Å²) in [4.78, 5) is 13.6. The summed E-state index contributed by atoms with van der Waals surface area (Å²) in [5.41, 5.74) is 1.08. The highest BCUT2D eigenvalue weighted by atomic mass is 16.6. The summed E-state index contributed by atoms with van der Waals surface area (Å²) < 4.78 is 7.16. The van der Waals surface area contributed by atoms with Crippen LogP contribution in [0.4, 0.5) is 4.79 Å². The van der Waals surface area contributed by atoms with Crippen molar-refractivity contribution in [3.05, 3.63) is 17.5 Å². The minimum absolute atomic E-state index is 0.0769. The minimum Gasteiger partial charge on any atom is -0.444 e. The van der Waals surface area contributed by atoms with Gasteiger partial charge in [-0.3, -0.25) is 4.68 Å². The lowest BCUT2D eigenvalue weighted by atomic mass is 10.2. The van der Waals surface area contributed by atoms with Gasteiger partial charge in [-0.15, -0.1) is 0 Å². The maximum absolute atomic E-state index is 11.9. The van der Waals surface area contributed by atoms with Crippen molar-refractivity contribution in [1.82, 2.24) is 14.7 Å². The summed E-state index contributed by atoms with van der Waals surface area (Å²) in [6, 6.07) is 1.82. The van der Waals surface area contributed by atoms with E-state index in [-0.39, 0.29) is 12.7 Å². The summed E-state index contributed by atoms with van der Waals surface area (Å²) in [6.07, 6.45) is -0.305. The molecule has 0 aliphatic carbocycles. The summed E-state index contributed by atoms with van der Waals surface area (Å²) in [7, 11) is 0. The van der Waals surface area contributed by atoms with Gasteiger partial charge in [-0.2, -0.15) is 5.10 Å². The largest absolute Gasteiger partial charge is 0.444 e. The molecule has 0 atom stereocenters. The first-order valence-electron chi connectivity index (χ1n) is 6.03. The van der Waals surface area contributed by atoms with Gasteiger partial charge in [-0.1, -0.05) is 0 Å². The summed E-state index contributed by atoms with van der Waals surface area (Å²) >= 11 is 0. The second-order valence-corrected chi connectivity index (χ2v) is 5.41. The molecule has 2 heterocycles. The van der Waals surface area contributed by atoms with Crippen molar-refractivity contribution in [3.8, 4) is 0 Å². The molecule has 0 unspecified atom stereocenters. The average molecular weight is 253 g/mol. The van der Waals surface area contributed by atoms with Gasteiger partial charge in [0.15, 0.2) is 0 Å². The van der Waals surface area contributed by atoms with Crippen molar-refractivity contribution in [2.75, 3.05) is 6.54 Å². The Labute approximate surface area is 106 Å². The predicted octanol–water partition coefficient (Wildman–Crippen LogP) is 1.13. The quantitative estimate of drug-likeness (QED) is 0.814. The van der Waals surface area contributed by atoms with E-state index in [4.69, 9.17) is 9.84 Å². The zero-order valence-electron chi connectivity index (χ0n) is 11.0. The van der Waals surface area contributed by atoms with Gasteiger partial charge >= 0.3 is 6.09 Å². The average Bonchev–Trinajstić information content (AvgIpc) is 2.68. The molecule has 0 fully saturated rings. The van der Waals surface area contributed by atoms with Gasteiger partial charge in [0, 0.05) is 6.54 Å². The molecule has 0 saturated heterocycles. The van der Waals surface area contributed by atoms with Gasteiger partial charge in [0.2, 0.25) is 0 Å². The smallest absolute Gasteiger partial charge is 0.410 e. The lowest BCUT2D eigenvalue weighted by Gasteiger charge is -2.30. The van der Waals surface area contributed by atoms with Crippen molar-refractivity contribution in [2.24, 2.45) is 0 Å². The topological polar surface area (TPSA) is 67.6 Å². The molecular formula is C12H19N3O3. The molecule has 1 aromatic rings. The third-order valence-corrected chi connectivity index (χ3v) is 2.66. The number of hydrogen-bond acceptors (Lipinski definition) is 4. The number of fused-ring (bicyclic) bond motifs is 1. The molecule has 100 valence electrons. The fraction of sp³-hybridized carbons (Fsp3) is 0.667. The molecule has 1 N–H and O–H groups in total. The number of nitrogens with zero attached hydrogens (tertiary/aromatic N) is 3. The minimum atomic E-state index is -0.481. The number of amides is 1. The molecule has 6 heteroatoms. The monoisotopic (exact) mass is 253 g/mol. The molecule has 0 aromatic carbocycles. The van der Waals surface area contributed by atoms with Crippen LogP contribution in [0.2, 0.25) is 0 Å². The van der Waals surface area contributed by atoms with Crippen molar-refractivity contribution < 1.29 is 14.6 Å². The van der Waals surface area contributed by atoms with Gasteiger partial charge < -0.3 is 14.7 Å². The summed E-state index contributed by atoms with van der Waals surface area (Å²) in [6.45, 7) is 7.16. The standard InChI is InChI=1S/C12H19N3O3/c1-12(2,3)18-11(17)14-4-5-15-10(7-14)6-9(8-16)13-15/h6,16H,4-5,7-8H2,1-3H3. The Kier molecular flexibility index (Phi) is 3.30. The maximum Gasteiger partial charge on any atom is 0.410 e. The normalized spacial score (nSPS) is 15.4. The molecule has 2 rings (SSSR count). The molecule has 1 aromatic heterocycles. The Morgan fingerprint density at radius 3 is 2.83 bits per heavy atom. The molecule has 0 saturated carbocycles. The third-order valence-electron chi connectivity index (χ3n) is 2.66. The number of hydrogen-bond donors (Lipinski definition) is 1. The Balaban J connectivity index is 2.05. The number of rotatable bonds is 1. The number of carbonyl (C=O) groups excluding carboxylic acids is 1. The van der Waals surface area contributed by atoms with Crippen LogP contribution in [0.3, 0.4) is 0 Å². The van der Waals surface area contributed by atoms with Gasteiger partial charge in [0.25, 0.3) is 0 Å². The van der Waals surface area contributed by atoms with E-state index in [0.29, 0.717) is 25.3 Å². The Morgan fingerprint density at radius 1 is 1.50 bits per heavy atom. The van der Waals surface area contributed by atoms with E-state index in [0.717, 1.165) is 5.69 Å². The molecule has 0 radical (unpaired) electrons. The van der Waals surface area contributed by atoms with Crippen LogP contribution in [0.15, 0.2) is 6.07 Å². The van der Waals surface area contributed by atoms with E-state index in [2.05, 4.69) is 5.10 Å². The molecule has 6 nitrogen and oxygen atoms in total.